The Morgan fingerprint density at radius 3 is 2.82 bits per heavy atom. The van der Waals surface area contributed by atoms with E-state index in [4.69, 9.17) is 9.47 Å². The molecule has 5 nitrogen and oxygen atoms in total. The number of carbonyl (C=O) groups excluding carboxylic acids is 1. The van der Waals surface area contributed by atoms with Crippen LogP contribution in [0.3, 0.4) is 0 Å². The van der Waals surface area contributed by atoms with E-state index in [0.717, 1.165) is 26.1 Å². The van der Waals surface area contributed by atoms with Crippen molar-refractivity contribution in [1.29, 1.82) is 0 Å². The van der Waals surface area contributed by atoms with E-state index in [1.807, 2.05) is 0 Å². The van der Waals surface area contributed by atoms with Gasteiger partial charge in [0, 0.05) is 32.9 Å². The summed E-state index contributed by atoms with van der Waals surface area (Å²) in [5.41, 5.74) is 0. The average molecular weight is 244 g/mol. The summed E-state index contributed by atoms with van der Waals surface area (Å²) in [5, 5.41) is 6.06. The minimum absolute atomic E-state index is 0.0287. The molecule has 1 amide bonds. The van der Waals surface area contributed by atoms with Crippen LogP contribution < -0.4 is 10.6 Å². The maximum absolute atomic E-state index is 11.5. The molecule has 0 aromatic rings. The largest absolute Gasteiger partial charge is 0.383 e. The van der Waals surface area contributed by atoms with Crippen LogP contribution in [0, 0.1) is 5.92 Å². The second kappa shape index (κ2) is 8.44. The minimum Gasteiger partial charge on any atom is -0.383 e. The highest BCUT2D eigenvalue weighted by atomic mass is 16.5. The second-order valence-corrected chi connectivity index (χ2v) is 4.46. The zero-order valence-corrected chi connectivity index (χ0v) is 10.8. The van der Waals surface area contributed by atoms with E-state index in [0.29, 0.717) is 31.7 Å². The lowest BCUT2D eigenvalue weighted by molar-refractivity contribution is -0.120. The highest BCUT2D eigenvalue weighted by Gasteiger charge is 2.20. The fraction of sp³-hybridized carbons (Fsp3) is 0.917. The van der Waals surface area contributed by atoms with Crippen LogP contribution in [0.4, 0.5) is 0 Å². The summed E-state index contributed by atoms with van der Waals surface area (Å²) in [6.07, 6.45) is 2.17. The van der Waals surface area contributed by atoms with Crippen LogP contribution in [0.5, 0.6) is 0 Å². The molecule has 1 heterocycles. The third-order valence-electron chi connectivity index (χ3n) is 3.19. The van der Waals surface area contributed by atoms with Crippen molar-refractivity contribution in [3.05, 3.63) is 0 Å². The molecular weight excluding hydrogens is 220 g/mol. The van der Waals surface area contributed by atoms with Gasteiger partial charge in [0.05, 0.1) is 13.2 Å². The number of nitrogens with one attached hydrogen (secondary N) is 2. The number of amides is 1. The van der Waals surface area contributed by atoms with Crippen molar-refractivity contribution in [2.45, 2.75) is 25.8 Å². The lowest BCUT2D eigenvalue weighted by atomic mass is 9.93. The molecule has 0 spiro atoms. The Morgan fingerprint density at radius 2 is 2.18 bits per heavy atom. The lowest BCUT2D eigenvalue weighted by Gasteiger charge is -2.28. The molecule has 0 bridgehead atoms. The first kappa shape index (κ1) is 14.4. The fourth-order valence-corrected chi connectivity index (χ4v) is 1.99. The summed E-state index contributed by atoms with van der Waals surface area (Å²) in [6.45, 7) is 5.33. The number of hydrogen-bond acceptors (Lipinski definition) is 4. The first-order valence-corrected chi connectivity index (χ1v) is 6.30. The van der Waals surface area contributed by atoms with Crippen LogP contribution in [-0.4, -0.2) is 52.0 Å². The number of methoxy groups -OCH3 is 1. The van der Waals surface area contributed by atoms with Crippen molar-refractivity contribution in [3.8, 4) is 0 Å². The Hall–Kier alpha value is -0.650. The van der Waals surface area contributed by atoms with Crippen LogP contribution in [0.1, 0.15) is 19.8 Å². The van der Waals surface area contributed by atoms with E-state index < -0.39 is 0 Å². The van der Waals surface area contributed by atoms with Gasteiger partial charge in [0.25, 0.3) is 0 Å². The zero-order valence-electron chi connectivity index (χ0n) is 10.8. The molecule has 5 heteroatoms. The third-order valence-corrected chi connectivity index (χ3v) is 3.19. The molecule has 1 saturated heterocycles. The zero-order chi connectivity index (χ0) is 12.5. The quantitative estimate of drug-likeness (QED) is 0.626. The molecule has 0 aliphatic carbocycles. The fourth-order valence-electron chi connectivity index (χ4n) is 1.99. The van der Waals surface area contributed by atoms with E-state index in [2.05, 4.69) is 17.6 Å². The van der Waals surface area contributed by atoms with Gasteiger partial charge in [-0.1, -0.05) is 0 Å². The molecule has 1 atom stereocenters. The van der Waals surface area contributed by atoms with Gasteiger partial charge in [-0.2, -0.15) is 0 Å². The lowest BCUT2D eigenvalue weighted by Crippen LogP contribution is -2.43. The van der Waals surface area contributed by atoms with Gasteiger partial charge in [-0.25, -0.2) is 0 Å². The average Bonchev–Trinajstić information content (AvgIpc) is 2.37. The maximum atomic E-state index is 11.5. The van der Waals surface area contributed by atoms with Crippen molar-refractivity contribution in [3.63, 3.8) is 0 Å². The topological polar surface area (TPSA) is 59.6 Å². The molecule has 1 aliphatic heterocycles. The molecule has 0 saturated carbocycles. The van der Waals surface area contributed by atoms with Crippen molar-refractivity contribution in [1.82, 2.24) is 10.6 Å². The van der Waals surface area contributed by atoms with Crippen LogP contribution in [-0.2, 0) is 14.3 Å². The second-order valence-electron chi connectivity index (χ2n) is 4.46. The van der Waals surface area contributed by atoms with Gasteiger partial charge in [0.15, 0.2) is 0 Å². The van der Waals surface area contributed by atoms with Gasteiger partial charge in [-0.15, -0.1) is 0 Å². The Labute approximate surface area is 103 Å². The Bertz CT molecular complexity index is 218. The van der Waals surface area contributed by atoms with Crippen LogP contribution in [0.2, 0.25) is 0 Å². The van der Waals surface area contributed by atoms with E-state index in [1.165, 1.54) is 0 Å². The van der Waals surface area contributed by atoms with Crippen molar-refractivity contribution in [2.24, 2.45) is 5.92 Å². The SMILES string of the molecule is COCCNC(=O)CNC(C)C1CCOCC1. The smallest absolute Gasteiger partial charge is 0.234 e. The Balaban J connectivity index is 2.09. The monoisotopic (exact) mass is 244 g/mol. The van der Waals surface area contributed by atoms with Crippen molar-refractivity contribution in [2.75, 3.05) is 40.0 Å². The van der Waals surface area contributed by atoms with Crippen LogP contribution in [0.15, 0.2) is 0 Å². The van der Waals surface area contributed by atoms with Crippen LogP contribution >= 0.6 is 0 Å². The minimum atomic E-state index is 0.0287. The van der Waals surface area contributed by atoms with Crippen LogP contribution in [0.25, 0.3) is 0 Å². The van der Waals surface area contributed by atoms with Gasteiger partial charge in [-0.05, 0) is 25.7 Å². The molecule has 1 rings (SSSR count). The van der Waals surface area contributed by atoms with E-state index in [-0.39, 0.29) is 5.91 Å². The summed E-state index contributed by atoms with van der Waals surface area (Å²) in [7, 11) is 1.62. The first-order valence-electron chi connectivity index (χ1n) is 6.30. The summed E-state index contributed by atoms with van der Waals surface area (Å²) in [6, 6.07) is 0.368. The molecule has 2 N–H and O–H groups in total. The molecule has 17 heavy (non-hydrogen) atoms. The Kier molecular flexibility index (Phi) is 7.16. The highest BCUT2D eigenvalue weighted by molar-refractivity contribution is 5.77. The third kappa shape index (κ3) is 6.00. The molecule has 1 fully saturated rings. The summed E-state index contributed by atoms with van der Waals surface area (Å²) in [4.78, 5) is 11.5. The molecule has 0 aromatic heterocycles. The highest BCUT2D eigenvalue weighted by Crippen LogP contribution is 2.18. The number of ether oxygens (including phenoxy) is 2. The standard InChI is InChI=1S/C12H24N2O3/c1-10(11-3-6-17-7-4-11)14-9-12(15)13-5-8-16-2/h10-11,14H,3-9H2,1-2H3,(H,13,15). The number of rotatable bonds is 7. The molecule has 0 aromatic carbocycles. The number of carbonyl (C=O) groups is 1. The van der Waals surface area contributed by atoms with Gasteiger partial charge in [0.2, 0.25) is 5.91 Å². The van der Waals surface area contributed by atoms with Crippen molar-refractivity contribution >= 4 is 5.91 Å². The van der Waals surface area contributed by atoms with E-state index in [1.54, 1.807) is 7.11 Å². The van der Waals surface area contributed by atoms with Crippen molar-refractivity contribution < 1.29 is 14.3 Å². The summed E-state index contributed by atoms with van der Waals surface area (Å²) in [5.74, 6) is 0.650. The predicted molar refractivity (Wildman–Crippen MR) is 65.9 cm³/mol. The van der Waals surface area contributed by atoms with Gasteiger partial charge >= 0.3 is 0 Å². The Morgan fingerprint density at radius 1 is 1.47 bits per heavy atom. The molecular formula is C12H24N2O3. The summed E-state index contributed by atoms with van der Waals surface area (Å²) >= 11 is 0. The predicted octanol–water partition coefficient (Wildman–Crippen LogP) is 0.154. The molecule has 100 valence electrons. The van der Waals surface area contributed by atoms with Gasteiger partial charge in [0.1, 0.15) is 0 Å². The molecule has 1 aliphatic rings. The molecule has 1 unspecified atom stereocenters. The molecule has 0 radical (unpaired) electrons. The number of hydrogen-bond donors (Lipinski definition) is 2. The van der Waals surface area contributed by atoms with Gasteiger partial charge in [-0.3, -0.25) is 4.79 Å². The normalized spacial score (nSPS) is 18.9. The van der Waals surface area contributed by atoms with E-state index >= 15 is 0 Å². The maximum Gasteiger partial charge on any atom is 0.234 e. The first-order chi connectivity index (χ1) is 8.24. The van der Waals surface area contributed by atoms with Gasteiger partial charge < -0.3 is 20.1 Å². The summed E-state index contributed by atoms with van der Waals surface area (Å²) < 4.78 is 10.2. The van der Waals surface area contributed by atoms with E-state index in [9.17, 15) is 4.79 Å².